The molecule has 2 heterocycles. The van der Waals surface area contributed by atoms with E-state index < -0.39 is 23.3 Å². The highest BCUT2D eigenvalue weighted by Gasteiger charge is 2.43. The lowest BCUT2D eigenvalue weighted by molar-refractivity contribution is -0.143. The maximum absolute atomic E-state index is 13.7. The first-order chi connectivity index (χ1) is 12.2. The molecule has 2 aromatic rings. The lowest BCUT2D eigenvalue weighted by Gasteiger charge is -2.22. The van der Waals surface area contributed by atoms with Crippen molar-refractivity contribution >= 4 is 29.9 Å². The van der Waals surface area contributed by atoms with E-state index >= 15 is 0 Å². The molecule has 2 unspecified atom stereocenters. The van der Waals surface area contributed by atoms with Crippen LogP contribution in [0.2, 0.25) is 5.02 Å². The molecular weight excluding hydrogens is 404 g/mol. The van der Waals surface area contributed by atoms with Crippen molar-refractivity contribution in [2.75, 3.05) is 13.1 Å². The number of alkyl halides is 3. The van der Waals surface area contributed by atoms with Crippen LogP contribution in [0.25, 0.3) is 5.69 Å². The van der Waals surface area contributed by atoms with Crippen molar-refractivity contribution in [3.8, 4) is 5.69 Å². The summed E-state index contributed by atoms with van der Waals surface area (Å²) in [4.78, 5) is 14.2. The predicted octanol–water partition coefficient (Wildman–Crippen LogP) is 3.78. The Kier molecular flexibility index (Phi) is 6.44. The van der Waals surface area contributed by atoms with Crippen molar-refractivity contribution in [1.29, 1.82) is 0 Å². The molecule has 0 saturated carbocycles. The summed E-state index contributed by atoms with van der Waals surface area (Å²) in [6.45, 7) is 2.55. The van der Waals surface area contributed by atoms with E-state index in [1.165, 1.54) is 29.2 Å². The monoisotopic (exact) mass is 422 g/mol. The SMILES string of the molecule is CC1CC(CN)CN1C(=O)c1cnn(-c2ccc(Cl)cc2)c1C(F)(F)F.Cl. The average Bonchev–Trinajstić information content (AvgIpc) is 3.18. The Bertz CT molecular complexity index is 808. The van der Waals surface area contributed by atoms with Gasteiger partial charge in [-0.15, -0.1) is 12.4 Å². The average molecular weight is 423 g/mol. The molecule has 2 N–H and O–H groups in total. The number of nitrogens with zero attached hydrogens (tertiary/aromatic N) is 3. The molecular formula is C17H19Cl2F3N4O. The number of rotatable bonds is 3. The maximum Gasteiger partial charge on any atom is 0.434 e. The second-order valence-electron chi connectivity index (χ2n) is 6.44. The Morgan fingerprint density at radius 3 is 2.48 bits per heavy atom. The standard InChI is InChI=1S/C17H18ClF3N4O.ClH/c1-10-6-11(7-22)9-24(10)16(26)14-8-23-25(15(14)17(19,20)21)13-4-2-12(18)3-5-13;/h2-5,8,10-11H,6-7,9,22H2,1H3;1H. The molecule has 1 aliphatic rings. The molecule has 1 aromatic carbocycles. The van der Waals surface area contributed by atoms with Gasteiger partial charge in [0.05, 0.1) is 17.4 Å². The number of halogens is 5. The van der Waals surface area contributed by atoms with Crippen molar-refractivity contribution in [3.05, 3.63) is 46.7 Å². The number of amides is 1. The summed E-state index contributed by atoms with van der Waals surface area (Å²) >= 11 is 5.79. The molecule has 10 heteroatoms. The first-order valence-corrected chi connectivity index (χ1v) is 8.52. The van der Waals surface area contributed by atoms with Crippen molar-refractivity contribution in [2.45, 2.75) is 25.6 Å². The van der Waals surface area contributed by atoms with E-state index in [0.717, 1.165) is 10.9 Å². The molecule has 2 atom stereocenters. The van der Waals surface area contributed by atoms with Gasteiger partial charge in [-0.05, 0) is 50.1 Å². The summed E-state index contributed by atoms with van der Waals surface area (Å²) in [5, 5.41) is 4.21. The van der Waals surface area contributed by atoms with E-state index in [1.807, 2.05) is 6.92 Å². The van der Waals surface area contributed by atoms with Gasteiger partial charge in [0, 0.05) is 17.6 Å². The molecule has 5 nitrogen and oxygen atoms in total. The second-order valence-corrected chi connectivity index (χ2v) is 6.87. The van der Waals surface area contributed by atoms with Crippen LogP contribution in [0.5, 0.6) is 0 Å². The first-order valence-electron chi connectivity index (χ1n) is 8.14. The van der Waals surface area contributed by atoms with Crippen LogP contribution in [-0.4, -0.2) is 39.7 Å². The van der Waals surface area contributed by atoms with Crippen LogP contribution in [0.15, 0.2) is 30.5 Å². The van der Waals surface area contributed by atoms with E-state index in [-0.39, 0.29) is 30.1 Å². The van der Waals surface area contributed by atoms with Crippen LogP contribution in [0, 0.1) is 5.92 Å². The fourth-order valence-electron chi connectivity index (χ4n) is 3.31. The molecule has 0 bridgehead atoms. The van der Waals surface area contributed by atoms with Crippen molar-refractivity contribution < 1.29 is 18.0 Å². The van der Waals surface area contributed by atoms with Gasteiger partial charge in [0.25, 0.3) is 5.91 Å². The highest BCUT2D eigenvalue weighted by molar-refractivity contribution is 6.30. The van der Waals surface area contributed by atoms with Gasteiger partial charge < -0.3 is 10.6 Å². The van der Waals surface area contributed by atoms with Gasteiger partial charge >= 0.3 is 6.18 Å². The number of carbonyl (C=O) groups is 1. The lowest BCUT2D eigenvalue weighted by atomic mass is 10.1. The number of nitrogens with two attached hydrogens (primary N) is 1. The number of hydrogen-bond acceptors (Lipinski definition) is 3. The van der Waals surface area contributed by atoms with Gasteiger partial charge in [0.2, 0.25) is 0 Å². The van der Waals surface area contributed by atoms with Crippen molar-refractivity contribution in [1.82, 2.24) is 14.7 Å². The molecule has 1 aromatic heterocycles. The summed E-state index contributed by atoms with van der Waals surface area (Å²) in [5.74, 6) is -0.587. The number of likely N-dealkylation sites (tertiary alicyclic amines) is 1. The molecule has 1 saturated heterocycles. The van der Waals surface area contributed by atoms with E-state index in [4.69, 9.17) is 17.3 Å². The largest absolute Gasteiger partial charge is 0.434 e. The third-order valence-corrected chi connectivity index (χ3v) is 4.85. The topological polar surface area (TPSA) is 64.2 Å². The van der Waals surface area contributed by atoms with Gasteiger partial charge in [0.15, 0.2) is 5.69 Å². The van der Waals surface area contributed by atoms with Crippen molar-refractivity contribution in [2.24, 2.45) is 11.7 Å². The Labute approximate surface area is 165 Å². The normalized spacial score (nSPS) is 19.9. The Morgan fingerprint density at radius 2 is 1.96 bits per heavy atom. The van der Waals surface area contributed by atoms with Gasteiger partial charge in [-0.25, -0.2) is 4.68 Å². The Morgan fingerprint density at radius 1 is 1.33 bits per heavy atom. The minimum absolute atomic E-state index is 0. The van der Waals surface area contributed by atoms with E-state index in [2.05, 4.69) is 5.10 Å². The number of hydrogen-bond donors (Lipinski definition) is 1. The molecule has 1 fully saturated rings. The number of carbonyl (C=O) groups excluding carboxylic acids is 1. The zero-order valence-electron chi connectivity index (χ0n) is 14.4. The smallest absolute Gasteiger partial charge is 0.335 e. The van der Waals surface area contributed by atoms with Crippen LogP contribution in [0.3, 0.4) is 0 Å². The lowest BCUT2D eigenvalue weighted by Crippen LogP contribution is -2.35. The number of benzene rings is 1. The van der Waals surface area contributed by atoms with Crippen LogP contribution < -0.4 is 5.73 Å². The zero-order valence-corrected chi connectivity index (χ0v) is 16.0. The minimum atomic E-state index is -4.74. The van der Waals surface area contributed by atoms with Gasteiger partial charge in [0.1, 0.15) is 0 Å². The van der Waals surface area contributed by atoms with Gasteiger partial charge in [-0.3, -0.25) is 4.79 Å². The molecule has 0 radical (unpaired) electrons. The third kappa shape index (κ3) is 4.23. The van der Waals surface area contributed by atoms with Gasteiger partial charge in [-0.2, -0.15) is 18.3 Å². The molecule has 1 aliphatic heterocycles. The van der Waals surface area contributed by atoms with E-state index in [0.29, 0.717) is 24.5 Å². The van der Waals surface area contributed by atoms with Crippen LogP contribution in [-0.2, 0) is 6.18 Å². The highest BCUT2D eigenvalue weighted by atomic mass is 35.5. The fourth-order valence-corrected chi connectivity index (χ4v) is 3.43. The van der Waals surface area contributed by atoms with E-state index in [9.17, 15) is 18.0 Å². The molecule has 0 spiro atoms. The molecule has 27 heavy (non-hydrogen) atoms. The predicted molar refractivity (Wildman–Crippen MR) is 98.5 cm³/mol. The quantitative estimate of drug-likeness (QED) is 0.818. The maximum atomic E-state index is 13.7. The van der Waals surface area contributed by atoms with Crippen molar-refractivity contribution in [3.63, 3.8) is 0 Å². The van der Waals surface area contributed by atoms with Crippen LogP contribution in [0.4, 0.5) is 13.2 Å². The summed E-state index contributed by atoms with van der Waals surface area (Å²) in [6.07, 6.45) is -3.09. The highest BCUT2D eigenvalue weighted by Crippen LogP contribution is 2.35. The molecule has 148 valence electrons. The third-order valence-electron chi connectivity index (χ3n) is 4.59. The van der Waals surface area contributed by atoms with Gasteiger partial charge in [-0.1, -0.05) is 11.6 Å². The van der Waals surface area contributed by atoms with E-state index in [1.54, 1.807) is 0 Å². The summed E-state index contributed by atoms with van der Waals surface area (Å²) < 4.78 is 41.9. The molecule has 0 aliphatic carbocycles. The Balaban J connectivity index is 0.00000261. The van der Waals surface area contributed by atoms with Crippen LogP contribution >= 0.6 is 24.0 Å². The second kappa shape index (κ2) is 8.08. The summed E-state index contributed by atoms with van der Waals surface area (Å²) in [5.41, 5.74) is 4.27. The summed E-state index contributed by atoms with van der Waals surface area (Å²) in [6, 6.07) is 5.60. The minimum Gasteiger partial charge on any atom is -0.335 e. The summed E-state index contributed by atoms with van der Waals surface area (Å²) in [7, 11) is 0. The fraction of sp³-hybridized carbons (Fsp3) is 0.412. The number of aromatic nitrogens is 2. The van der Waals surface area contributed by atoms with Crippen LogP contribution in [0.1, 0.15) is 29.4 Å². The molecule has 3 rings (SSSR count). The Hall–Kier alpha value is -1.77. The first kappa shape index (κ1) is 21.5. The zero-order chi connectivity index (χ0) is 19.1. The molecule has 1 amide bonds.